The quantitative estimate of drug-likeness (QED) is 0.848. The van der Waals surface area contributed by atoms with E-state index in [2.05, 4.69) is 9.17 Å². The zero-order chi connectivity index (χ0) is 13.7. The van der Waals surface area contributed by atoms with E-state index in [1.165, 1.54) is 0 Å². The van der Waals surface area contributed by atoms with Gasteiger partial charge in [-0.1, -0.05) is 30.3 Å². The van der Waals surface area contributed by atoms with Crippen molar-refractivity contribution in [2.75, 3.05) is 6.61 Å². The molecule has 0 saturated carbocycles. The molecule has 6 heteroatoms. The number of rotatable bonds is 5. The van der Waals surface area contributed by atoms with Gasteiger partial charge in [0, 0.05) is 11.8 Å². The maximum atomic E-state index is 10.5. The van der Waals surface area contributed by atoms with E-state index in [0.717, 1.165) is 16.8 Å². The van der Waals surface area contributed by atoms with Crippen LogP contribution in [-0.2, 0) is 21.0 Å². The van der Waals surface area contributed by atoms with Crippen molar-refractivity contribution in [2.24, 2.45) is 0 Å². The van der Waals surface area contributed by atoms with Gasteiger partial charge in [-0.15, -0.1) is 0 Å². The number of benzene rings is 1. The van der Waals surface area contributed by atoms with Crippen LogP contribution in [0.2, 0.25) is 0 Å². The molecule has 5 nitrogen and oxygen atoms in total. The molecule has 0 atom stereocenters. The minimum Gasteiger partial charge on any atom is -0.264 e. The van der Waals surface area contributed by atoms with E-state index >= 15 is 0 Å². The van der Waals surface area contributed by atoms with Gasteiger partial charge in [0.15, 0.2) is 0 Å². The molecule has 0 aliphatic carbocycles. The highest BCUT2D eigenvalue weighted by Gasteiger charge is 2.08. The Labute approximate surface area is 111 Å². The molecule has 0 aliphatic rings. The highest BCUT2D eigenvalue weighted by molar-refractivity contribution is 7.80. The summed E-state index contributed by atoms with van der Waals surface area (Å²) < 4.78 is 33.8. The van der Waals surface area contributed by atoms with Gasteiger partial charge in [-0.3, -0.25) is 9.54 Å². The topological polar surface area (TPSA) is 76.5 Å². The van der Waals surface area contributed by atoms with Gasteiger partial charge in [-0.05, 0) is 24.1 Å². The van der Waals surface area contributed by atoms with Crippen LogP contribution in [0.4, 0.5) is 0 Å². The number of nitrogens with zero attached hydrogens (tertiary/aromatic N) is 1. The molecule has 0 aliphatic heterocycles. The monoisotopic (exact) mass is 279 g/mol. The first kappa shape index (κ1) is 13.7. The second-order valence-corrected chi connectivity index (χ2v) is 4.96. The Kier molecular flexibility index (Phi) is 4.26. The Balaban J connectivity index is 2.18. The molecule has 2 rings (SSSR count). The van der Waals surface area contributed by atoms with Gasteiger partial charge in [0.25, 0.3) is 0 Å². The van der Waals surface area contributed by atoms with Crippen molar-refractivity contribution in [1.29, 1.82) is 0 Å². The van der Waals surface area contributed by atoms with Gasteiger partial charge in [-0.2, -0.15) is 8.42 Å². The normalized spacial score (nSPS) is 11.4. The van der Waals surface area contributed by atoms with Gasteiger partial charge in [0.1, 0.15) is 0 Å². The molecule has 2 aromatic rings. The summed E-state index contributed by atoms with van der Waals surface area (Å²) in [4.78, 5) is 4.26. The fourth-order valence-electron chi connectivity index (χ4n) is 1.77. The van der Waals surface area contributed by atoms with Gasteiger partial charge in [-0.25, -0.2) is 4.18 Å². The van der Waals surface area contributed by atoms with E-state index in [9.17, 15) is 8.42 Å². The fourth-order valence-corrected chi connectivity index (χ4v) is 2.06. The molecule has 0 fully saturated rings. The van der Waals surface area contributed by atoms with E-state index in [4.69, 9.17) is 4.55 Å². The smallest absolute Gasteiger partial charge is 0.264 e. The Morgan fingerprint density at radius 3 is 2.53 bits per heavy atom. The van der Waals surface area contributed by atoms with Crippen LogP contribution in [0.1, 0.15) is 5.56 Å². The second kappa shape index (κ2) is 5.92. The SMILES string of the molecule is O=S(=O)(O)OCCc1ccccc1-c1ccccn1. The number of pyridine rings is 1. The lowest BCUT2D eigenvalue weighted by atomic mass is 10.0. The van der Waals surface area contributed by atoms with Crippen LogP contribution in [0.5, 0.6) is 0 Å². The first-order chi connectivity index (χ1) is 9.06. The number of aromatic nitrogens is 1. The predicted molar refractivity (Wildman–Crippen MR) is 70.9 cm³/mol. The second-order valence-electron chi connectivity index (χ2n) is 3.87. The Hall–Kier alpha value is -1.76. The Morgan fingerprint density at radius 1 is 1.11 bits per heavy atom. The van der Waals surface area contributed by atoms with Gasteiger partial charge < -0.3 is 0 Å². The van der Waals surface area contributed by atoms with E-state index in [1.54, 1.807) is 6.20 Å². The molecule has 19 heavy (non-hydrogen) atoms. The van der Waals surface area contributed by atoms with Crippen LogP contribution in [0.15, 0.2) is 48.7 Å². The minimum absolute atomic E-state index is 0.108. The largest absolute Gasteiger partial charge is 0.397 e. The third kappa shape index (κ3) is 4.13. The third-order valence-electron chi connectivity index (χ3n) is 2.56. The molecular weight excluding hydrogens is 266 g/mol. The molecule has 100 valence electrons. The summed E-state index contributed by atoms with van der Waals surface area (Å²) in [5.41, 5.74) is 2.64. The minimum atomic E-state index is -4.39. The summed E-state index contributed by atoms with van der Waals surface area (Å²) in [6.45, 7) is -0.108. The maximum Gasteiger partial charge on any atom is 0.397 e. The van der Waals surface area contributed by atoms with Crippen molar-refractivity contribution >= 4 is 10.4 Å². The maximum absolute atomic E-state index is 10.5. The molecule has 1 aromatic carbocycles. The average Bonchev–Trinajstić information content (AvgIpc) is 2.39. The fraction of sp³-hybridized carbons (Fsp3) is 0.154. The summed E-state index contributed by atoms with van der Waals surface area (Å²) in [5, 5.41) is 0. The molecule has 1 aromatic heterocycles. The van der Waals surface area contributed by atoms with Crippen molar-refractivity contribution in [3.63, 3.8) is 0 Å². The van der Waals surface area contributed by atoms with Crippen molar-refractivity contribution in [1.82, 2.24) is 4.98 Å². The Morgan fingerprint density at radius 2 is 1.84 bits per heavy atom. The summed E-state index contributed by atoms with van der Waals surface area (Å²) in [6.07, 6.45) is 2.06. The molecule has 0 bridgehead atoms. The van der Waals surface area contributed by atoms with Crippen molar-refractivity contribution in [2.45, 2.75) is 6.42 Å². The molecule has 0 radical (unpaired) electrons. The van der Waals surface area contributed by atoms with Crippen LogP contribution in [0.3, 0.4) is 0 Å². The van der Waals surface area contributed by atoms with Gasteiger partial charge in [0.2, 0.25) is 0 Å². The molecule has 0 amide bonds. The molecule has 0 saturated heterocycles. The summed E-state index contributed by atoms with van der Waals surface area (Å²) >= 11 is 0. The first-order valence-electron chi connectivity index (χ1n) is 5.67. The average molecular weight is 279 g/mol. The summed E-state index contributed by atoms with van der Waals surface area (Å²) in [5.74, 6) is 0. The third-order valence-corrected chi connectivity index (χ3v) is 3.03. The van der Waals surface area contributed by atoms with Crippen molar-refractivity contribution in [3.8, 4) is 11.3 Å². The summed E-state index contributed by atoms with van der Waals surface area (Å²) in [6, 6.07) is 13.1. The van der Waals surface area contributed by atoms with Crippen LogP contribution < -0.4 is 0 Å². The van der Waals surface area contributed by atoms with Gasteiger partial charge in [0.05, 0.1) is 12.3 Å². The standard InChI is InChI=1S/C13H13NO4S/c15-19(16,17)18-10-8-11-5-1-2-6-12(11)13-7-3-4-9-14-13/h1-7,9H,8,10H2,(H,15,16,17). The lowest BCUT2D eigenvalue weighted by Crippen LogP contribution is -2.07. The lowest BCUT2D eigenvalue weighted by Gasteiger charge is -2.08. The highest BCUT2D eigenvalue weighted by Crippen LogP contribution is 2.21. The van der Waals surface area contributed by atoms with Crippen molar-refractivity contribution < 1.29 is 17.2 Å². The zero-order valence-electron chi connectivity index (χ0n) is 10.1. The van der Waals surface area contributed by atoms with E-state index in [-0.39, 0.29) is 6.61 Å². The van der Waals surface area contributed by atoms with Crippen LogP contribution >= 0.6 is 0 Å². The van der Waals surface area contributed by atoms with E-state index < -0.39 is 10.4 Å². The summed E-state index contributed by atoms with van der Waals surface area (Å²) in [7, 11) is -4.39. The lowest BCUT2D eigenvalue weighted by molar-refractivity contribution is 0.272. The van der Waals surface area contributed by atoms with E-state index in [0.29, 0.717) is 6.42 Å². The van der Waals surface area contributed by atoms with Crippen molar-refractivity contribution in [3.05, 3.63) is 54.2 Å². The van der Waals surface area contributed by atoms with E-state index in [1.807, 2.05) is 42.5 Å². The molecule has 0 spiro atoms. The highest BCUT2D eigenvalue weighted by atomic mass is 32.3. The Bertz CT molecular complexity index is 641. The van der Waals surface area contributed by atoms with Crippen LogP contribution in [-0.4, -0.2) is 24.6 Å². The molecular formula is C13H13NO4S. The molecule has 1 N–H and O–H groups in total. The predicted octanol–water partition coefficient (Wildman–Crippen LogP) is 2.11. The first-order valence-corrected chi connectivity index (χ1v) is 7.04. The zero-order valence-corrected chi connectivity index (χ0v) is 10.9. The van der Waals surface area contributed by atoms with Crippen LogP contribution in [0, 0.1) is 0 Å². The van der Waals surface area contributed by atoms with Gasteiger partial charge >= 0.3 is 10.4 Å². The molecule has 0 unspecified atom stereocenters. The number of hydrogen-bond acceptors (Lipinski definition) is 4. The van der Waals surface area contributed by atoms with Crippen LogP contribution in [0.25, 0.3) is 11.3 Å². The number of hydrogen-bond donors (Lipinski definition) is 1. The molecule has 1 heterocycles.